The van der Waals surface area contributed by atoms with Crippen LogP contribution in [0.25, 0.3) is 11.0 Å². The van der Waals surface area contributed by atoms with Crippen molar-refractivity contribution in [2.24, 2.45) is 0 Å². The van der Waals surface area contributed by atoms with Crippen LogP contribution in [-0.2, 0) is 4.79 Å². The Morgan fingerprint density at radius 2 is 2.30 bits per heavy atom. The second-order valence-corrected chi connectivity index (χ2v) is 5.69. The number of benzene rings is 1. The Balaban J connectivity index is 1.72. The summed E-state index contributed by atoms with van der Waals surface area (Å²) in [4.78, 5) is 27.3. The number of fused-ring (bicyclic) bond motifs is 1. The molecule has 0 fully saturated rings. The number of anilines is 1. The third-order valence-electron chi connectivity index (χ3n) is 3.24. The lowest BCUT2D eigenvalue weighted by molar-refractivity contribution is -0.385. The average Bonchev–Trinajstić information content (AvgIpc) is 3.08. The summed E-state index contributed by atoms with van der Waals surface area (Å²) >= 11 is 1.51. The molecular weight excluding hydrogens is 316 g/mol. The van der Waals surface area contributed by atoms with Crippen LogP contribution in [0.4, 0.5) is 11.4 Å². The van der Waals surface area contributed by atoms with Crippen molar-refractivity contribution in [2.75, 3.05) is 5.32 Å². The Morgan fingerprint density at radius 3 is 3.04 bits per heavy atom. The summed E-state index contributed by atoms with van der Waals surface area (Å²) in [5, 5.41) is 15.4. The molecule has 8 heteroatoms. The van der Waals surface area contributed by atoms with Crippen molar-refractivity contribution >= 4 is 39.7 Å². The Hall–Kier alpha value is -3.00. The summed E-state index contributed by atoms with van der Waals surface area (Å²) in [6.07, 6.45) is 6.63. The van der Waals surface area contributed by atoms with Gasteiger partial charge in [0.25, 0.3) is 5.69 Å². The zero-order valence-corrected chi connectivity index (χ0v) is 12.9. The number of hydrogen-bond acceptors (Lipinski definition) is 5. The molecule has 3 aromatic rings. The molecule has 2 aromatic heterocycles. The molecular formula is C15H12N4O3S. The second-order valence-electron chi connectivity index (χ2n) is 4.82. The maximum Gasteiger partial charge on any atom is 0.272 e. The highest BCUT2D eigenvalue weighted by Gasteiger charge is 2.10. The van der Waals surface area contributed by atoms with Crippen LogP contribution >= 0.6 is 11.3 Å². The number of carbonyl (C=O) groups is 1. The number of nitrogens with one attached hydrogen (secondary N) is 1. The molecule has 0 spiro atoms. The number of imidazole rings is 1. The molecule has 1 N–H and O–H groups in total. The van der Waals surface area contributed by atoms with Crippen molar-refractivity contribution in [2.45, 2.75) is 6.92 Å². The van der Waals surface area contributed by atoms with Gasteiger partial charge in [0.1, 0.15) is 0 Å². The first-order valence-corrected chi connectivity index (χ1v) is 7.57. The van der Waals surface area contributed by atoms with E-state index < -0.39 is 4.92 Å². The fraction of sp³-hybridized carbons (Fsp3) is 0.0667. The van der Waals surface area contributed by atoms with E-state index in [-0.39, 0.29) is 11.6 Å². The highest BCUT2D eigenvalue weighted by molar-refractivity contribution is 7.15. The van der Waals surface area contributed by atoms with Crippen LogP contribution in [0.3, 0.4) is 0 Å². The predicted octanol–water partition coefficient (Wildman–Crippen LogP) is 3.26. The topological polar surface area (TPSA) is 89.5 Å². The van der Waals surface area contributed by atoms with Crippen LogP contribution in [0.1, 0.15) is 11.3 Å². The van der Waals surface area contributed by atoms with Crippen molar-refractivity contribution in [3.8, 4) is 0 Å². The van der Waals surface area contributed by atoms with Gasteiger partial charge in [0, 0.05) is 35.0 Å². The SMILES string of the molecule is Cc1cc(NC(=O)/C=C/c2cnc3sccn23)ccc1[N+](=O)[O-]. The van der Waals surface area contributed by atoms with Gasteiger partial charge in [0.2, 0.25) is 5.91 Å². The summed E-state index contributed by atoms with van der Waals surface area (Å²) in [5.41, 5.74) is 1.83. The molecule has 116 valence electrons. The number of carbonyl (C=O) groups excluding carboxylic acids is 1. The third kappa shape index (κ3) is 3.11. The van der Waals surface area contributed by atoms with Crippen LogP contribution in [-0.4, -0.2) is 20.2 Å². The zero-order valence-electron chi connectivity index (χ0n) is 12.1. The van der Waals surface area contributed by atoms with Crippen molar-refractivity contribution < 1.29 is 9.72 Å². The molecule has 0 aliphatic rings. The van der Waals surface area contributed by atoms with E-state index in [2.05, 4.69) is 10.3 Å². The lowest BCUT2D eigenvalue weighted by atomic mass is 10.2. The van der Waals surface area contributed by atoms with Crippen LogP contribution in [0, 0.1) is 17.0 Å². The molecule has 0 aliphatic heterocycles. The monoisotopic (exact) mass is 328 g/mol. The fourth-order valence-electron chi connectivity index (χ4n) is 2.15. The minimum absolute atomic E-state index is 0.0256. The van der Waals surface area contributed by atoms with Gasteiger partial charge in [-0.15, -0.1) is 11.3 Å². The molecule has 0 radical (unpaired) electrons. The maximum absolute atomic E-state index is 12.0. The lowest BCUT2D eigenvalue weighted by Gasteiger charge is -2.03. The van der Waals surface area contributed by atoms with Gasteiger partial charge in [-0.25, -0.2) is 4.98 Å². The van der Waals surface area contributed by atoms with Gasteiger partial charge in [-0.1, -0.05) is 0 Å². The van der Waals surface area contributed by atoms with E-state index in [4.69, 9.17) is 0 Å². The number of aryl methyl sites for hydroxylation is 1. The number of aromatic nitrogens is 2. The molecule has 0 bridgehead atoms. The van der Waals surface area contributed by atoms with Crippen LogP contribution < -0.4 is 5.32 Å². The number of thiazole rings is 1. The summed E-state index contributed by atoms with van der Waals surface area (Å²) in [5.74, 6) is -0.316. The first kappa shape index (κ1) is 14.9. The smallest absolute Gasteiger partial charge is 0.272 e. The summed E-state index contributed by atoms with van der Waals surface area (Å²) in [7, 11) is 0. The molecule has 0 saturated heterocycles. The molecule has 0 saturated carbocycles. The van der Waals surface area contributed by atoms with E-state index >= 15 is 0 Å². The fourth-order valence-corrected chi connectivity index (χ4v) is 2.85. The first-order chi connectivity index (χ1) is 11.0. The normalized spacial score (nSPS) is 11.2. The number of nitrogens with zero attached hydrogens (tertiary/aromatic N) is 3. The van der Waals surface area contributed by atoms with E-state index in [0.717, 1.165) is 10.7 Å². The highest BCUT2D eigenvalue weighted by atomic mass is 32.1. The van der Waals surface area contributed by atoms with Gasteiger partial charge in [-0.3, -0.25) is 19.3 Å². The van der Waals surface area contributed by atoms with E-state index in [1.165, 1.54) is 29.5 Å². The third-order valence-corrected chi connectivity index (χ3v) is 4.01. The van der Waals surface area contributed by atoms with Crippen molar-refractivity contribution in [3.63, 3.8) is 0 Å². The van der Waals surface area contributed by atoms with E-state index in [1.807, 2.05) is 16.0 Å². The zero-order chi connectivity index (χ0) is 16.4. The van der Waals surface area contributed by atoms with Gasteiger partial charge in [0.15, 0.2) is 4.96 Å². The van der Waals surface area contributed by atoms with E-state index in [1.54, 1.807) is 25.3 Å². The molecule has 7 nitrogen and oxygen atoms in total. The van der Waals surface area contributed by atoms with Gasteiger partial charge in [0.05, 0.1) is 16.8 Å². The Kier molecular flexibility index (Phi) is 3.90. The number of amides is 1. The quantitative estimate of drug-likeness (QED) is 0.452. The number of hydrogen-bond donors (Lipinski definition) is 1. The van der Waals surface area contributed by atoms with Crippen molar-refractivity contribution in [3.05, 3.63) is 63.4 Å². The Bertz CT molecular complexity index is 926. The molecule has 1 aromatic carbocycles. The molecule has 0 unspecified atom stereocenters. The molecule has 3 rings (SSSR count). The van der Waals surface area contributed by atoms with E-state index in [0.29, 0.717) is 11.3 Å². The largest absolute Gasteiger partial charge is 0.322 e. The highest BCUT2D eigenvalue weighted by Crippen LogP contribution is 2.21. The molecule has 0 atom stereocenters. The molecule has 0 aliphatic carbocycles. The average molecular weight is 328 g/mol. The summed E-state index contributed by atoms with van der Waals surface area (Å²) in [6.45, 7) is 1.63. The number of rotatable bonds is 4. The molecule has 1 amide bonds. The van der Waals surface area contributed by atoms with Gasteiger partial charge in [-0.2, -0.15) is 0 Å². The van der Waals surface area contributed by atoms with Crippen LogP contribution in [0.15, 0.2) is 42.0 Å². The van der Waals surface area contributed by atoms with Gasteiger partial charge < -0.3 is 5.32 Å². The minimum atomic E-state index is -0.452. The minimum Gasteiger partial charge on any atom is -0.322 e. The van der Waals surface area contributed by atoms with Crippen molar-refractivity contribution in [1.82, 2.24) is 9.38 Å². The maximum atomic E-state index is 12.0. The Labute approximate surface area is 135 Å². The first-order valence-electron chi connectivity index (χ1n) is 6.69. The standard InChI is InChI=1S/C15H12N4O3S/c1-10-8-11(2-4-13(10)19(21)22)17-14(20)5-3-12-9-16-15-18(12)6-7-23-15/h2-9H,1H3,(H,17,20)/b5-3+. The lowest BCUT2D eigenvalue weighted by Crippen LogP contribution is -2.08. The number of nitro groups is 1. The second kappa shape index (κ2) is 6.01. The molecule has 23 heavy (non-hydrogen) atoms. The van der Waals surface area contributed by atoms with Crippen LogP contribution in [0.2, 0.25) is 0 Å². The summed E-state index contributed by atoms with van der Waals surface area (Å²) < 4.78 is 1.88. The van der Waals surface area contributed by atoms with Gasteiger partial charge in [-0.05, 0) is 25.1 Å². The summed E-state index contributed by atoms with van der Waals surface area (Å²) in [6, 6.07) is 4.45. The molecule has 2 heterocycles. The Morgan fingerprint density at radius 1 is 1.48 bits per heavy atom. The van der Waals surface area contributed by atoms with E-state index in [9.17, 15) is 14.9 Å². The number of nitro benzene ring substituents is 1. The van der Waals surface area contributed by atoms with Crippen LogP contribution in [0.5, 0.6) is 0 Å². The van der Waals surface area contributed by atoms with Crippen molar-refractivity contribution in [1.29, 1.82) is 0 Å². The predicted molar refractivity (Wildman–Crippen MR) is 88.6 cm³/mol. The van der Waals surface area contributed by atoms with Gasteiger partial charge >= 0.3 is 0 Å².